The quantitative estimate of drug-likeness (QED) is 0.730. The molecule has 1 unspecified atom stereocenters. The molecule has 4 aliphatic rings. The summed E-state index contributed by atoms with van der Waals surface area (Å²) in [6.07, 6.45) is 5.83. The number of ketones is 3. The van der Waals surface area contributed by atoms with Crippen molar-refractivity contribution in [2.75, 3.05) is 0 Å². The summed E-state index contributed by atoms with van der Waals surface area (Å²) in [5.41, 5.74) is -0.572. The fraction of sp³-hybridized carbons (Fsp3) is 0.667. The van der Waals surface area contributed by atoms with Gasteiger partial charge in [-0.15, -0.1) is 0 Å². The van der Waals surface area contributed by atoms with E-state index >= 15 is 4.39 Å². The first kappa shape index (κ1) is 16.9. The minimum Gasteiger partial charge on any atom is -0.300 e. The Bertz CT molecular complexity index is 735. The van der Waals surface area contributed by atoms with E-state index in [-0.39, 0.29) is 46.4 Å². The monoisotopic (exact) mass is 344 g/mol. The molecule has 7 atom stereocenters. The highest BCUT2D eigenvalue weighted by Gasteiger charge is 2.63. The van der Waals surface area contributed by atoms with E-state index in [4.69, 9.17) is 0 Å². The summed E-state index contributed by atoms with van der Waals surface area (Å²) in [5, 5.41) is 0. The molecule has 0 radical (unpaired) electrons. The lowest BCUT2D eigenvalue weighted by molar-refractivity contribution is -0.146. The van der Waals surface area contributed by atoms with Crippen LogP contribution >= 0.6 is 0 Å². The molecule has 3 nitrogen and oxygen atoms in total. The number of hydrogen-bond donors (Lipinski definition) is 0. The average molecular weight is 344 g/mol. The molecule has 0 aromatic rings. The van der Waals surface area contributed by atoms with Crippen LogP contribution in [-0.2, 0) is 14.4 Å². The zero-order chi connectivity index (χ0) is 18.1. The molecular formula is C21H25FO3. The maximum atomic E-state index is 15.0. The van der Waals surface area contributed by atoms with Crippen LogP contribution in [0.5, 0.6) is 0 Å². The molecule has 4 heteroatoms. The molecule has 0 saturated heterocycles. The van der Waals surface area contributed by atoms with Gasteiger partial charge in [-0.05, 0) is 61.2 Å². The third-order valence-corrected chi connectivity index (χ3v) is 7.72. The van der Waals surface area contributed by atoms with Crippen molar-refractivity contribution in [3.05, 3.63) is 23.8 Å². The van der Waals surface area contributed by atoms with Crippen LogP contribution in [0, 0.1) is 34.5 Å². The van der Waals surface area contributed by atoms with Gasteiger partial charge in [0.25, 0.3) is 0 Å². The van der Waals surface area contributed by atoms with E-state index in [1.807, 2.05) is 6.92 Å². The van der Waals surface area contributed by atoms with Crippen LogP contribution in [0.25, 0.3) is 0 Å². The maximum absolute atomic E-state index is 15.0. The molecule has 4 rings (SSSR count). The highest BCUT2D eigenvalue weighted by atomic mass is 19.1. The number of alkyl halides is 1. The summed E-state index contributed by atoms with van der Waals surface area (Å²) in [7, 11) is 0. The highest BCUT2D eigenvalue weighted by molar-refractivity contribution is 6.02. The molecular weight excluding hydrogens is 319 g/mol. The standard InChI is InChI=1S/C21H25FO3/c1-11(23)14-4-5-15-13-9-17(22)16-8-12(24)6-7-20(16,2)19(13)18(25)10-21(14,15)3/h6-8,13-15,17,19H,4-5,9-10H2,1-3H3/t13-,14+,15-,17?,19+,20-,21+/m0/s1. The second-order valence-corrected chi connectivity index (χ2v) is 8.96. The normalized spacial score (nSPS) is 48.5. The zero-order valence-corrected chi connectivity index (χ0v) is 15.0. The molecule has 3 saturated carbocycles. The Hall–Kier alpha value is -1.58. The van der Waals surface area contributed by atoms with Gasteiger partial charge in [-0.25, -0.2) is 4.39 Å². The Kier molecular flexibility index (Phi) is 3.52. The van der Waals surface area contributed by atoms with Crippen LogP contribution in [0.1, 0.15) is 46.5 Å². The number of Topliss-reactive ketones (excluding diaryl/α,β-unsaturated/α-hetero) is 2. The highest BCUT2D eigenvalue weighted by Crippen LogP contribution is 2.65. The van der Waals surface area contributed by atoms with Crippen molar-refractivity contribution >= 4 is 17.3 Å². The first-order valence-corrected chi connectivity index (χ1v) is 9.31. The van der Waals surface area contributed by atoms with Crippen LogP contribution in [0.15, 0.2) is 23.8 Å². The van der Waals surface area contributed by atoms with E-state index in [0.29, 0.717) is 18.4 Å². The minimum atomic E-state index is -1.19. The second-order valence-electron chi connectivity index (χ2n) is 8.96. The van der Waals surface area contributed by atoms with E-state index in [0.717, 1.165) is 12.8 Å². The number of halogens is 1. The molecule has 0 aliphatic heterocycles. The van der Waals surface area contributed by atoms with Gasteiger partial charge in [-0.3, -0.25) is 14.4 Å². The summed E-state index contributed by atoms with van der Waals surface area (Å²) in [5.74, 6) is -0.126. The number of rotatable bonds is 1. The number of allylic oxidation sites excluding steroid dienone is 4. The molecule has 0 amide bonds. The van der Waals surface area contributed by atoms with Crippen LogP contribution in [-0.4, -0.2) is 23.5 Å². The SMILES string of the molecule is CC(=O)[C@H]1CC[C@H]2[C@@H]3CC(F)C4=CC(=O)C=C[C@]4(C)[C@H]3C(=O)C[C@]12C. The Morgan fingerprint density at radius 2 is 1.96 bits per heavy atom. The fourth-order valence-corrected chi connectivity index (χ4v) is 6.71. The number of carbonyl (C=O) groups is 3. The molecule has 4 aliphatic carbocycles. The Morgan fingerprint density at radius 1 is 1.24 bits per heavy atom. The Labute approximate surface area is 147 Å². The van der Waals surface area contributed by atoms with E-state index in [1.165, 1.54) is 12.2 Å². The number of fused-ring (bicyclic) bond motifs is 5. The predicted octanol–water partition coefficient (Wildman–Crippen LogP) is 3.63. The third kappa shape index (κ3) is 2.12. The van der Waals surface area contributed by atoms with Crippen molar-refractivity contribution in [2.24, 2.45) is 34.5 Å². The molecule has 0 N–H and O–H groups in total. The minimum absolute atomic E-state index is 0.0504. The van der Waals surface area contributed by atoms with Gasteiger partial charge in [0.1, 0.15) is 17.7 Å². The summed E-state index contributed by atoms with van der Waals surface area (Å²) in [6, 6.07) is 0. The Morgan fingerprint density at radius 3 is 2.64 bits per heavy atom. The number of hydrogen-bond acceptors (Lipinski definition) is 3. The largest absolute Gasteiger partial charge is 0.300 e. The van der Waals surface area contributed by atoms with Crippen LogP contribution in [0.2, 0.25) is 0 Å². The summed E-state index contributed by atoms with van der Waals surface area (Å²) in [4.78, 5) is 37.1. The summed E-state index contributed by atoms with van der Waals surface area (Å²) >= 11 is 0. The Balaban J connectivity index is 1.79. The zero-order valence-electron chi connectivity index (χ0n) is 15.0. The van der Waals surface area contributed by atoms with Gasteiger partial charge in [0.05, 0.1) is 0 Å². The fourth-order valence-electron chi connectivity index (χ4n) is 6.71. The van der Waals surface area contributed by atoms with Crippen LogP contribution in [0.4, 0.5) is 4.39 Å². The molecule has 0 aromatic carbocycles. The van der Waals surface area contributed by atoms with Crippen molar-refractivity contribution in [2.45, 2.75) is 52.6 Å². The van der Waals surface area contributed by atoms with Gasteiger partial charge in [0.15, 0.2) is 5.78 Å². The third-order valence-electron chi connectivity index (χ3n) is 7.72. The van der Waals surface area contributed by atoms with Gasteiger partial charge in [0, 0.05) is 23.7 Å². The lowest BCUT2D eigenvalue weighted by Gasteiger charge is -2.56. The van der Waals surface area contributed by atoms with Gasteiger partial charge in [-0.2, -0.15) is 0 Å². The number of carbonyl (C=O) groups excluding carboxylic acids is 3. The summed E-state index contributed by atoms with van der Waals surface area (Å²) < 4.78 is 15.0. The predicted molar refractivity (Wildman–Crippen MR) is 91.5 cm³/mol. The summed E-state index contributed by atoms with van der Waals surface area (Å²) in [6.45, 7) is 5.58. The van der Waals surface area contributed by atoms with Crippen LogP contribution < -0.4 is 0 Å². The maximum Gasteiger partial charge on any atom is 0.178 e. The molecule has 134 valence electrons. The topological polar surface area (TPSA) is 51.2 Å². The molecule has 3 fully saturated rings. The van der Waals surface area contributed by atoms with Gasteiger partial charge in [-0.1, -0.05) is 19.9 Å². The van der Waals surface area contributed by atoms with Crippen LogP contribution in [0.3, 0.4) is 0 Å². The van der Waals surface area contributed by atoms with Crippen molar-refractivity contribution in [1.82, 2.24) is 0 Å². The smallest absolute Gasteiger partial charge is 0.178 e. The van der Waals surface area contributed by atoms with E-state index in [1.54, 1.807) is 13.0 Å². The van der Waals surface area contributed by atoms with Crippen molar-refractivity contribution in [1.29, 1.82) is 0 Å². The lowest BCUT2D eigenvalue weighted by atomic mass is 9.47. The van der Waals surface area contributed by atoms with Gasteiger partial charge >= 0.3 is 0 Å². The van der Waals surface area contributed by atoms with Crippen molar-refractivity contribution in [3.63, 3.8) is 0 Å². The van der Waals surface area contributed by atoms with Gasteiger partial charge in [0.2, 0.25) is 0 Å². The molecule has 0 aromatic heterocycles. The lowest BCUT2D eigenvalue weighted by Crippen LogP contribution is -2.56. The van der Waals surface area contributed by atoms with Gasteiger partial charge < -0.3 is 0 Å². The first-order valence-electron chi connectivity index (χ1n) is 9.31. The molecule has 25 heavy (non-hydrogen) atoms. The van der Waals surface area contributed by atoms with E-state index < -0.39 is 11.6 Å². The first-order chi connectivity index (χ1) is 11.7. The molecule has 0 bridgehead atoms. The second kappa shape index (κ2) is 5.21. The van der Waals surface area contributed by atoms with Crippen molar-refractivity contribution < 1.29 is 18.8 Å². The van der Waals surface area contributed by atoms with E-state index in [2.05, 4.69) is 6.92 Å². The molecule has 0 heterocycles. The molecule has 0 spiro atoms. The average Bonchev–Trinajstić information content (AvgIpc) is 2.85. The van der Waals surface area contributed by atoms with E-state index in [9.17, 15) is 14.4 Å². The van der Waals surface area contributed by atoms with Crippen molar-refractivity contribution in [3.8, 4) is 0 Å².